The van der Waals surface area contributed by atoms with Crippen LogP contribution in [0.15, 0.2) is 120 Å². The zero-order valence-electron chi connectivity index (χ0n) is 23.9. The molecule has 0 radical (unpaired) electrons. The topological polar surface area (TPSA) is 69.0 Å². The number of benzene rings is 4. The van der Waals surface area contributed by atoms with Crippen LogP contribution in [0.2, 0.25) is 0 Å². The molecular formula is C35H36N4O2S. The van der Waals surface area contributed by atoms with Gasteiger partial charge >= 0.3 is 0 Å². The van der Waals surface area contributed by atoms with Crippen molar-refractivity contribution in [3.63, 3.8) is 0 Å². The van der Waals surface area contributed by atoms with Gasteiger partial charge in [-0.15, -0.1) is 10.2 Å². The Hall–Kier alpha value is -4.36. The predicted molar refractivity (Wildman–Crippen MR) is 169 cm³/mol. The third-order valence-electron chi connectivity index (χ3n) is 7.09. The zero-order chi connectivity index (χ0) is 29.0. The Bertz CT molecular complexity index is 1520. The first kappa shape index (κ1) is 29.1. The third kappa shape index (κ3) is 8.10. The van der Waals surface area contributed by atoms with Gasteiger partial charge in [-0.1, -0.05) is 103 Å². The van der Waals surface area contributed by atoms with Crippen LogP contribution in [0, 0.1) is 0 Å². The summed E-state index contributed by atoms with van der Waals surface area (Å²) < 4.78 is 7.48. The van der Waals surface area contributed by atoms with Crippen LogP contribution in [0.1, 0.15) is 47.8 Å². The van der Waals surface area contributed by atoms with Crippen molar-refractivity contribution in [3.8, 4) is 11.4 Å². The minimum absolute atomic E-state index is 0.0541. The van der Waals surface area contributed by atoms with Crippen molar-refractivity contribution in [1.29, 1.82) is 0 Å². The molecule has 0 aliphatic rings. The lowest BCUT2D eigenvalue weighted by atomic mass is 9.98. The van der Waals surface area contributed by atoms with Crippen molar-refractivity contribution in [2.45, 2.75) is 43.3 Å². The van der Waals surface area contributed by atoms with Crippen LogP contribution in [0.3, 0.4) is 0 Å². The fourth-order valence-corrected chi connectivity index (χ4v) is 5.85. The van der Waals surface area contributed by atoms with Gasteiger partial charge in [-0.05, 0) is 60.2 Å². The SMILES string of the molecule is COc1ccc(-n2c(Cc3ccccc3)nnc2SCCCCC(=O)NC(Cc2ccccc2)c2ccccc2)cc1. The molecule has 7 heteroatoms. The Balaban J connectivity index is 1.18. The standard InChI is InChI=1S/C35H36N4O2S/c1-41-31-22-20-30(21-23-31)39-33(26-28-15-7-3-8-16-28)37-38-35(39)42-24-12-11-19-34(40)36-32(29-17-9-4-10-18-29)25-27-13-5-2-6-14-27/h2-10,13-18,20-23,32H,11-12,19,24-26H2,1H3,(H,36,40). The molecule has 0 aliphatic heterocycles. The predicted octanol–water partition coefficient (Wildman–Crippen LogP) is 7.23. The van der Waals surface area contributed by atoms with Crippen molar-refractivity contribution in [2.75, 3.05) is 12.9 Å². The summed E-state index contributed by atoms with van der Waals surface area (Å²) in [5.74, 6) is 2.62. The van der Waals surface area contributed by atoms with Crippen molar-refractivity contribution in [1.82, 2.24) is 20.1 Å². The van der Waals surface area contributed by atoms with Gasteiger partial charge in [-0.25, -0.2) is 0 Å². The van der Waals surface area contributed by atoms with E-state index >= 15 is 0 Å². The highest BCUT2D eigenvalue weighted by Gasteiger charge is 2.17. The molecule has 1 heterocycles. The first-order valence-electron chi connectivity index (χ1n) is 14.3. The number of carbonyl (C=O) groups excluding carboxylic acids is 1. The largest absolute Gasteiger partial charge is 0.497 e. The van der Waals surface area contributed by atoms with Crippen LogP contribution >= 0.6 is 11.8 Å². The monoisotopic (exact) mass is 576 g/mol. The van der Waals surface area contributed by atoms with Gasteiger partial charge in [-0.2, -0.15) is 0 Å². The Morgan fingerprint density at radius 2 is 1.45 bits per heavy atom. The van der Waals surface area contributed by atoms with Crippen molar-refractivity contribution in [3.05, 3.63) is 138 Å². The summed E-state index contributed by atoms with van der Waals surface area (Å²) in [7, 11) is 1.67. The molecule has 0 saturated carbocycles. The van der Waals surface area contributed by atoms with Crippen molar-refractivity contribution in [2.24, 2.45) is 0 Å². The smallest absolute Gasteiger partial charge is 0.220 e. The number of thioether (sulfide) groups is 1. The van der Waals surface area contributed by atoms with E-state index in [0.29, 0.717) is 12.8 Å². The molecule has 5 rings (SSSR count). The fraction of sp³-hybridized carbons (Fsp3) is 0.229. The Morgan fingerprint density at radius 1 is 0.810 bits per heavy atom. The fourth-order valence-electron chi connectivity index (χ4n) is 4.88. The average Bonchev–Trinajstić information content (AvgIpc) is 3.44. The van der Waals surface area contributed by atoms with Crippen LogP contribution in [0.25, 0.3) is 5.69 Å². The summed E-state index contributed by atoms with van der Waals surface area (Å²) in [4.78, 5) is 13.0. The summed E-state index contributed by atoms with van der Waals surface area (Å²) in [5.41, 5.74) is 4.51. The van der Waals surface area contributed by atoms with Gasteiger partial charge in [0.15, 0.2) is 5.16 Å². The molecule has 0 spiro atoms. The number of nitrogens with one attached hydrogen (secondary N) is 1. The number of nitrogens with zero attached hydrogens (tertiary/aromatic N) is 3. The molecule has 214 valence electrons. The third-order valence-corrected chi connectivity index (χ3v) is 8.10. The second-order valence-electron chi connectivity index (χ2n) is 10.1. The van der Waals surface area contributed by atoms with E-state index < -0.39 is 0 Å². The number of amides is 1. The first-order valence-corrected chi connectivity index (χ1v) is 15.3. The highest BCUT2D eigenvalue weighted by Crippen LogP contribution is 2.26. The molecule has 1 N–H and O–H groups in total. The highest BCUT2D eigenvalue weighted by atomic mass is 32.2. The maximum absolute atomic E-state index is 13.0. The van der Waals surface area contributed by atoms with Gasteiger partial charge in [0.2, 0.25) is 5.91 Å². The van der Waals surface area contributed by atoms with Gasteiger partial charge in [-0.3, -0.25) is 9.36 Å². The Kier molecular flexibility index (Phi) is 10.4. The number of hydrogen-bond acceptors (Lipinski definition) is 5. The van der Waals surface area contributed by atoms with Crippen LogP contribution in [-0.2, 0) is 17.6 Å². The highest BCUT2D eigenvalue weighted by molar-refractivity contribution is 7.99. The van der Waals surface area contributed by atoms with Crippen molar-refractivity contribution >= 4 is 17.7 Å². The van der Waals surface area contributed by atoms with E-state index in [-0.39, 0.29) is 11.9 Å². The summed E-state index contributed by atoms with van der Waals surface area (Å²) in [5, 5.41) is 13.2. The average molecular weight is 577 g/mol. The lowest BCUT2D eigenvalue weighted by Gasteiger charge is -2.19. The molecular weight excluding hydrogens is 540 g/mol. The van der Waals surface area contributed by atoms with Gasteiger partial charge in [0.25, 0.3) is 0 Å². The van der Waals surface area contributed by atoms with E-state index in [1.807, 2.05) is 78.9 Å². The molecule has 1 atom stereocenters. The molecule has 0 fully saturated rings. The van der Waals surface area contributed by atoms with Gasteiger partial charge in [0.1, 0.15) is 11.6 Å². The molecule has 1 unspecified atom stereocenters. The molecule has 0 aliphatic carbocycles. The van der Waals surface area contributed by atoms with Crippen LogP contribution < -0.4 is 10.1 Å². The first-order chi connectivity index (χ1) is 20.7. The number of carbonyl (C=O) groups is 1. The second-order valence-corrected chi connectivity index (χ2v) is 11.2. The number of aromatic nitrogens is 3. The molecule has 1 amide bonds. The summed E-state index contributed by atoms with van der Waals surface area (Å²) in [6.07, 6.45) is 3.64. The molecule has 42 heavy (non-hydrogen) atoms. The number of hydrogen-bond donors (Lipinski definition) is 1. The van der Waals surface area contributed by atoms with Crippen molar-refractivity contribution < 1.29 is 9.53 Å². The lowest BCUT2D eigenvalue weighted by molar-refractivity contribution is -0.121. The molecule has 0 bridgehead atoms. The minimum atomic E-state index is -0.0541. The molecule has 1 aromatic heterocycles. The minimum Gasteiger partial charge on any atom is -0.497 e. The van der Waals surface area contributed by atoms with Gasteiger partial charge < -0.3 is 10.1 Å². The summed E-state index contributed by atoms with van der Waals surface area (Å²) >= 11 is 1.67. The molecule has 4 aromatic carbocycles. The number of rotatable bonds is 14. The van der Waals surface area contributed by atoms with E-state index in [1.54, 1.807) is 18.9 Å². The van der Waals surface area contributed by atoms with E-state index in [9.17, 15) is 4.79 Å². The Morgan fingerprint density at radius 3 is 2.12 bits per heavy atom. The maximum Gasteiger partial charge on any atom is 0.220 e. The number of unbranched alkanes of at least 4 members (excludes halogenated alkanes) is 1. The van der Waals surface area contributed by atoms with E-state index in [1.165, 1.54) is 11.1 Å². The van der Waals surface area contributed by atoms with Gasteiger partial charge in [0, 0.05) is 24.3 Å². The molecule has 6 nitrogen and oxygen atoms in total. The zero-order valence-corrected chi connectivity index (χ0v) is 24.7. The van der Waals surface area contributed by atoms with Crippen LogP contribution in [0.5, 0.6) is 5.75 Å². The molecule has 0 saturated heterocycles. The number of methoxy groups -OCH3 is 1. The maximum atomic E-state index is 13.0. The lowest BCUT2D eigenvalue weighted by Crippen LogP contribution is -2.29. The summed E-state index contributed by atoms with van der Waals surface area (Å²) in [6, 6.07) is 38.7. The molecule has 5 aromatic rings. The van der Waals surface area contributed by atoms with Crippen LogP contribution in [0.4, 0.5) is 0 Å². The normalized spacial score (nSPS) is 11.6. The van der Waals surface area contributed by atoms with E-state index in [4.69, 9.17) is 4.74 Å². The van der Waals surface area contributed by atoms with Crippen LogP contribution in [-0.4, -0.2) is 33.5 Å². The Labute approximate surface area is 252 Å². The quantitative estimate of drug-likeness (QED) is 0.112. The van der Waals surface area contributed by atoms with E-state index in [2.05, 4.69) is 56.5 Å². The number of ether oxygens (including phenoxy) is 1. The summed E-state index contributed by atoms with van der Waals surface area (Å²) in [6.45, 7) is 0. The van der Waals surface area contributed by atoms with Gasteiger partial charge in [0.05, 0.1) is 13.2 Å². The second kappa shape index (κ2) is 15.0. The van der Waals surface area contributed by atoms with E-state index in [0.717, 1.165) is 53.0 Å².